The molecule has 0 aromatic rings. The summed E-state index contributed by atoms with van der Waals surface area (Å²) in [5, 5.41) is 3.42. The molecule has 25 heavy (non-hydrogen) atoms. The third-order valence-corrected chi connectivity index (χ3v) is 6.92. The predicted octanol–water partition coefficient (Wildman–Crippen LogP) is 3.57. The van der Waals surface area contributed by atoms with Gasteiger partial charge in [0.05, 0.1) is 12.0 Å². The van der Waals surface area contributed by atoms with Crippen LogP contribution in [0.4, 0.5) is 0 Å². The van der Waals surface area contributed by atoms with Crippen molar-refractivity contribution in [3.63, 3.8) is 0 Å². The van der Waals surface area contributed by atoms with E-state index in [1.54, 1.807) is 7.11 Å². The van der Waals surface area contributed by atoms with Crippen LogP contribution in [0.25, 0.3) is 0 Å². The molecule has 0 aromatic heterocycles. The number of methoxy groups -OCH3 is 1. The maximum atomic E-state index is 12.7. The molecule has 3 atom stereocenters. The summed E-state index contributed by atoms with van der Waals surface area (Å²) in [5.41, 5.74) is 0. The second-order valence-corrected chi connectivity index (χ2v) is 9.00. The molecule has 1 saturated heterocycles. The molecule has 3 fully saturated rings. The Bertz CT molecular complexity index is 420. The molecule has 5 heteroatoms. The number of rotatable bonds is 5. The lowest BCUT2D eigenvalue weighted by Gasteiger charge is -2.36. The van der Waals surface area contributed by atoms with E-state index in [0.717, 1.165) is 38.0 Å². The zero-order valence-corrected chi connectivity index (χ0v) is 16.5. The van der Waals surface area contributed by atoms with Crippen molar-refractivity contribution in [2.75, 3.05) is 26.7 Å². The topological polar surface area (TPSA) is 41.6 Å². The van der Waals surface area contributed by atoms with E-state index < -0.39 is 0 Å². The molecule has 0 radical (unpaired) electrons. The van der Waals surface area contributed by atoms with Crippen LogP contribution < -0.4 is 5.32 Å². The molecular formula is C20H35ClN2O2. The van der Waals surface area contributed by atoms with Gasteiger partial charge >= 0.3 is 0 Å². The van der Waals surface area contributed by atoms with Gasteiger partial charge in [-0.1, -0.05) is 6.42 Å². The fourth-order valence-corrected chi connectivity index (χ4v) is 5.27. The van der Waals surface area contributed by atoms with E-state index in [1.165, 1.54) is 51.7 Å². The highest BCUT2D eigenvalue weighted by atomic mass is 35.5. The van der Waals surface area contributed by atoms with Gasteiger partial charge in [0.15, 0.2) is 0 Å². The van der Waals surface area contributed by atoms with Gasteiger partial charge in [0.25, 0.3) is 0 Å². The van der Waals surface area contributed by atoms with Crippen LogP contribution in [0.3, 0.4) is 0 Å². The number of hydrogen-bond acceptors (Lipinski definition) is 3. The molecule has 3 rings (SSSR count). The number of nitrogens with zero attached hydrogens (tertiary/aromatic N) is 1. The average Bonchev–Trinajstić information content (AvgIpc) is 2.64. The molecule has 1 amide bonds. The standard InChI is InChI=1S/C20H35ClN2O2/c1-25-19-10-7-16(21)13-18(19)20(24)22-17-8-5-15(6-9-17)14-23-11-3-2-4-12-23/h15-19H,2-14H2,1H3,(H,22,24). The Morgan fingerprint density at radius 3 is 2.48 bits per heavy atom. The number of nitrogens with one attached hydrogen (secondary N) is 1. The first-order valence-electron chi connectivity index (χ1n) is 10.3. The Morgan fingerprint density at radius 1 is 1.08 bits per heavy atom. The van der Waals surface area contributed by atoms with Gasteiger partial charge in [-0.05, 0) is 76.8 Å². The van der Waals surface area contributed by atoms with Crippen LogP contribution in [0.2, 0.25) is 0 Å². The lowest BCUT2D eigenvalue weighted by atomic mass is 9.83. The summed E-state index contributed by atoms with van der Waals surface area (Å²) in [6.07, 6.45) is 11.5. The maximum absolute atomic E-state index is 12.7. The lowest BCUT2D eigenvalue weighted by Crippen LogP contribution is -2.47. The van der Waals surface area contributed by atoms with Crippen molar-refractivity contribution in [1.29, 1.82) is 0 Å². The number of halogens is 1. The summed E-state index contributed by atoms with van der Waals surface area (Å²) in [6.45, 7) is 3.84. The van der Waals surface area contributed by atoms with Crippen molar-refractivity contribution in [3.8, 4) is 0 Å². The highest BCUT2D eigenvalue weighted by Gasteiger charge is 2.36. The first-order chi connectivity index (χ1) is 12.2. The number of piperidine rings is 1. The first kappa shape index (κ1) is 19.4. The van der Waals surface area contributed by atoms with E-state index in [9.17, 15) is 4.79 Å². The molecule has 3 unspecified atom stereocenters. The molecular weight excluding hydrogens is 336 g/mol. The van der Waals surface area contributed by atoms with Gasteiger partial charge in [0, 0.05) is 25.1 Å². The van der Waals surface area contributed by atoms with Crippen LogP contribution in [-0.2, 0) is 9.53 Å². The minimum absolute atomic E-state index is 0.0328. The number of hydrogen-bond donors (Lipinski definition) is 1. The first-order valence-corrected chi connectivity index (χ1v) is 10.8. The van der Waals surface area contributed by atoms with Crippen molar-refractivity contribution in [2.45, 2.75) is 81.7 Å². The largest absolute Gasteiger partial charge is 0.381 e. The number of carbonyl (C=O) groups excluding carboxylic acids is 1. The van der Waals surface area contributed by atoms with E-state index in [1.807, 2.05) is 0 Å². The second-order valence-electron chi connectivity index (χ2n) is 8.38. The zero-order valence-electron chi connectivity index (χ0n) is 15.7. The van der Waals surface area contributed by atoms with Gasteiger partial charge in [0.1, 0.15) is 0 Å². The van der Waals surface area contributed by atoms with E-state index in [4.69, 9.17) is 16.3 Å². The number of likely N-dealkylation sites (tertiary alicyclic amines) is 1. The Labute approximate surface area is 158 Å². The van der Waals surface area contributed by atoms with Crippen molar-refractivity contribution in [3.05, 3.63) is 0 Å². The smallest absolute Gasteiger partial charge is 0.226 e. The molecule has 2 aliphatic carbocycles. The van der Waals surface area contributed by atoms with Crippen molar-refractivity contribution >= 4 is 17.5 Å². The molecule has 0 spiro atoms. The number of alkyl halides is 1. The lowest BCUT2D eigenvalue weighted by molar-refractivity contribution is -0.132. The maximum Gasteiger partial charge on any atom is 0.226 e. The Kier molecular flexibility index (Phi) is 7.44. The highest BCUT2D eigenvalue weighted by Crippen LogP contribution is 2.31. The summed E-state index contributed by atoms with van der Waals surface area (Å²) >= 11 is 6.29. The molecule has 3 aliphatic rings. The fourth-order valence-electron chi connectivity index (χ4n) is 4.95. The summed E-state index contributed by atoms with van der Waals surface area (Å²) in [6, 6.07) is 0.346. The average molecular weight is 371 g/mol. The number of ether oxygens (including phenoxy) is 1. The molecule has 4 nitrogen and oxygen atoms in total. The monoisotopic (exact) mass is 370 g/mol. The third-order valence-electron chi connectivity index (χ3n) is 6.52. The Morgan fingerprint density at radius 2 is 1.80 bits per heavy atom. The third kappa shape index (κ3) is 5.58. The Hall–Kier alpha value is -0.320. The van der Waals surface area contributed by atoms with E-state index in [0.29, 0.717) is 6.04 Å². The van der Waals surface area contributed by atoms with Crippen molar-refractivity contribution < 1.29 is 9.53 Å². The van der Waals surface area contributed by atoms with Crippen LogP contribution in [0.5, 0.6) is 0 Å². The molecule has 1 heterocycles. The summed E-state index contributed by atoms with van der Waals surface area (Å²) in [5.74, 6) is 0.906. The summed E-state index contributed by atoms with van der Waals surface area (Å²) in [4.78, 5) is 15.4. The number of carbonyl (C=O) groups is 1. The molecule has 1 aliphatic heterocycles. The summed E-state index contributed by atoms with van der Waals surface area (Å²) in [7, 11) is 1.71. The van der Waals surface area contributed by atoms with E-state index in [-0.39, 0.29) is 23.3 Å². The van der Waals surface area contributed by atoms with Gasteiger partial charge in [-0.25, -0.2) is 0 Å². The molecule has 0 bridgehead atoms. The van der Waals surface area contributed by atoms with Crippen LogP contribution in [0, 0.1) is 11.8 Å². The van der Waals surface area contributed by atoms with E-state index in [2.05, 4.69) is 10.2 Å². The fraction of sp³-hybridized carbons (Fsp3) is 0.950. The quantitative estimate of drug-likeness (QED) is 0.752. The normalized spacial score (nSPS) is 37.6. The van der Waals surface area contributed by atoms with Crippen LogP contribution in [-0.4, -0.2) is 55.1 Å². The van der Waals surface area contributed by atoms with Gasteiger partial charge in [-0.15, -0.1) is 11.6 Å². The molecule has 0 aromatic carbocycles. The van der Waals surface area contributed by atoms with E-state index >= 15 is 0 Å². The van der Waals surface area contributed by atoms with Crippen LogP contribution in [0.15, 0.2) is 0 Å². The van der Waals surface area contributed by atoms with Gasteiger partial charge < -0.3 is 15.0 Å². The van der Waals surface area contributed by atoms with Gasteiger partial charge in [-0.3, -0.25) is 4.79 Å². The van der Waals surface area contributed by atoms with Crippen LogP contribution in [0.1, 0.15) is 64.2 Å². The predicted molar refractivity (Wildman–Crippen MR) is 102 cm³/mol. The van der Waals surface area contributed by atoms with Crippen molar-refractivity contribution in [2.24, 2.45) is 11.8 Å². The highest BCUT2D eigenvalue weighted by molar-refractivity contribution is 6.20. The number of amides is 1. The SMILES string of the molecule is COC1CCC(Cl)CC1C(=O)NC1CCC(CN2CCCCC2)CC1. The van der Waals surface area contributed by atoms with Gasteiger partial charge in [0.2, 0.25) is 5.91 Å². The van der Waals surface area contributed by atoms with Crippen LogP contribution >= 0.6 is 11.6 Å². The second kappa shape index (κ2) is 9.57. The molecule has 1 N–H and O–H groups in total. The van der Waals surface area contributed by atoms with Gasteiger partial charge in [-0.2, -0.15) is 0 Å². The minimum Gasteiger partial charge on any atom is -0.381 e. The zero-order chi connectivity index (χ0) is 17.6. The molecule has 2 saturated carbocycles. The van der Waals surface area contributed by atoms with Crippen molar-refractivity contribution in [1.82, 2.24) is 10.2 Å². The minimum atomic E-state index is -0.0766. The molecule has 144 valence electrons. The Balaban J connectivity index is 1.41. The summed E-state index contributed by atoms with van der Waals surface area (Å²) < 4.78 is 5.54.